The predicted octanol–water partition coefficient (Wildman–Crippen LogP) is 3.59. The summed E-state index contributed by atoms with van der Waals surface area (Å²) in [6.45, 7) is 5.40. The lowest BCUT2D eigenvalue weighted by Gasteiger charge is -2.07. The highest BCUT2D eigenvalue weighted by molar-refractivity contribution is 5.75. The van der Waals surface area contributed by atoms with Crippen LogP contribution in [0.4, 0.5) is 0 Å². The molecule has 0 spiro atoms. The molecule has 0 atom stereocenters. The number of nitrogens with zero attached hydrogens (tertiary/aromatic N) is 4. The Bertz CT molecular complexity index is 984. The van der Waals surface area contributed by atoms with Crippen LogP contribution in [0, 0.1) is 0 Å². The third-order valence-electron chi connectivity index (χ3n) is 4.54. The Morgan fingerprint density at radius 1 is 0.923 bits per heavy atom. The van der Waals surface area contributed by atoms with Crippen molar-refractivity contribution in [3.63, 3.8) is 0 Å². The fourth-order valence-electron chi connectivity index (χ4n) is 3.29. The molecule has 0 amide bonds. The highest BCUT2D eigenvalue weighted by atomic mass is 15.3. The van der Waals surface area contributed by atoms with Crippen molar-refractivity contribution < 1.29 is 0 Å². The first-order valence-electron chi connectivity index (χ1n) is 9.03. The average Bonchev–Trinajstić information content (AvgIpc) is 3.26. The van der Waals surface area contributed by atoms with Gasteiger partial charge < -0.3 is 9.88 Å². The number of benzene rings is 2. The van der Waals surface area contributed by atoms with Gasteiger partial charge in [-0.3, -0.25) is 4.68 Å². The van der Waals surface area contributed by atoms with Gasteiger partial charge in [0.25, 0.3) is 0 Å². The van der Waals surface area contributed by atoms with Crippen LogP contribution in [0.2, 0.25) is 0 Å². The van der Waals surface area contributed by atoms with Crippen molar-refractivity contribution in [3.8, 4) is 0 Å². The number of hydrogen-bond donors (Lipinski definition) is 1. The molecule has 1 N–H and O–H groups in total. The maximum absolute atomic E-state index is 4.76. The Hall–Kier alpha value is -2.92. The Labute approximate surface area is 153 Å². The van der Waals surface area contributed by atoms with Crippen LogP contribution in [-0.4, -0.2) is 19.3 Å². The van der Waals surface area contributed by atoms with Crippen LogP contribution < -0.4 is 5.32 Å². The summed E-state index contributed by atoms with van der Waals surface area (Å²) in [5, 5.41) is 7.96. The van der Waals surface area contributed by atoms with Crippen LogP contribution in [0.15, 0.2) is 67.0 Å². The number of rotatable bonds is 7. The van der Waals surface area contributed by atoms with Gasteiger partial charge in [0, 0.05) is 24.8 Å². The molecule has 26 heavy (non-hydrogen) atoms. The normalized spacial score (nSPS) is 11.3. The minimum Gasteiger partial charge on any atom is -0.327 e. The molecule has 2 heterocycles. The Morgan fingerprint density at radius 3 is 2.58 bits per heavy atom. The van der Waals surface area contributed by atoms with Gasteiger partial charge in [-0.15, -0.1) is 0 Å². The second kappa shape index (κ2) is 7.54. The van der Waals surface area contributed by atoms with Gasteiger partial charge in [-0.25, -0.2) is 4.98 Å². The van der Waals surface area contributed by atoms with Crippen molar-refractivity contribution in [1.29, 1.82) is 0 Å². The molecule has 2 aromatic carbocycles. The van der Waals surface area contributed by atoms with E-state index < -0.39 is 0 Å². The van der Waals surface area contributed by atoms with Crippen LogP contribution in [-0.2, 0) is 26.2 Å². The molecule has 5 heteroatoms. The lowest BCUT2D eigenvalue weighted by molar-refractivity contribution is 0.620. The first-order chi connectivity index (χ1) is 12.8. The molecular weight excluding hydrogens is 322 g/mol. The number of hydrogen-bond acceptors (Lipinski definition) is 3. The van der Waals surface area contributed by atoms with E-state index in [-0.39, 0.29) is 0 Å². The van der Waals surface area contributed by atoms with Crippen LogP contribution in [0.5, 0.6) is 0 Å². The quantitative estimate of drug-likeness (QED) is 0.557. The van der Waals surface area contributed by atoms with E-state index in [1.807, 2.05) is 23.0 Å². The lowest BCUT2D eigenvalue weighted by Crippen LogP contribution is -2.16. The molecule has 4 aromatic rings. The number of para-hydroxylation sites is 2. The zero-order chi connectivity index (χ0) is 17.8. The van der Waals surface area contributed by atoms with E-state index in [9.17, 15) is 0 Å². The van der Waals surface area contributed by atoms with Gasteiger partial charge in [-0.2, -0.15) is 5.10 Å². The fraction of sp³-hybridized carbons (Fsp3) is 0.238. The maximum atomic E-state index is 4.76. The van der Waals surface area contributed by atoms with Crippen molar-refractivity contribution in [2.75, 3.05) is 0 Å². The van der Waals surface area contributed by atoms with Crippen molar-refractivity contribution in [1.82, 2.24) is 24.6 Å². The van der Waals surface area contributed by atoms with Crippen molar-refractivity contribution in [3.05, 3.63) is 83.9 Å². The van der Waals surface area contributed by atoms with Crippen LogP contribution in [0.1, 0.15) is 23.9 Å². The number of aryl methyl sites for hydroxylation is 1. The molecule has 0 aliphatic carbocycles. The van der Waals surface area contributed by atoms with Crippen LogP contribution in [0.25, 0.3) is 11.0 Å². The first kappa shape index (κ1) is 16.5. The zero-order valence-corrected chi connectivity index (χ0v) is 15.0. The molecule has 2 aromatic heterocycles. The molecule has 5 nitrogen and oxygen atoms in total. The summed E-state index contributed by atoms with van der Waals surface area (Å²) in [5.74, 6) is 1.07. The molecule has 0 bridgehead atoms. The Kier molecular flexibility index (Phi) is 4.80. The smallest absolute Gasteiger partial charge is 0.123 e. The third-order valence-corrected chi connectivity index (χ3v) is 4.54. The zero-order valence-electron chi connectivity index (χ0n) is 15.0. The van der Waals surface area contributed by atoms with E-state index >= 15 is 0 Å². The molecule has 4 rings (SSSR count). The largest absolute Gasteiger partial charge is 0.327 e. The standard InChI is InChI=1S/C21H23N5/c1-2-26-20-11-7-6-10-19(20)24-21(26)14-22-12-18-13-23-25(16-18)15-17-8-4-3-5-9-17/h3-11,13,16,22H,2,12,14-15H2,1H3. The predicted molar refractivity (Wildman–Crippen MR) is 104 cm³/mol. The summed E-state index contributed by atoms with van der Waals surface area (Å²) in [4.78, 5) is 4.76. The van der Waals surface area contributed by atoms with E-state index in [1.54, 1.807) is 0 Å². The van der Waals surface area contributed by atoms with Gasteiger partial charge in [0.05, 0.1) is 30.3 Å². The van der Waals surface area contributed by atoms with Gasteiger partial charge in [-0.05, 0) is 24.6 Å². The topological polar surface area (TPSA) is 47.7 Å². The SMILES string of the molecule is CCn1c(CNCc2cnn(Cc3ccccc3)c2)nc2ccccc21. The molecule has 0 saturated heterocycles. The molecule has 0 aliphatic heterocycles. The van der Waals surface area contributed by atoms with Crippen molar-refractivity contribution in [2.24, 2.45) is 0 Å². The van der Waals surface area contributed by atoms with Gasteiger partial charge in [0.15, 0.2) is 0 Å². The van der Waals surface area contributed by atoms with E-state index in [0.717, 1.165) is 37.5 Å². The molecular formula is C21H23N5. The van der Waals surface area contributed by atoms with Gasteiger partial charge in [0.1, 0.15) is 5.82 Å². The summed E-state index contributed by atoms with van der Waals surface area (Å²) < 4.78 is 4.24. The van der Waals surface area contributed by atoms with Crippen LogP contribution in [0.3, 0.4) is 0 Å². The van der Waals surface area contributed by atoms with Crippen molar-refractivity contribution in [2.45, 2.75) is 33.1 Å². The number of nitrogens with one attached hydrogen (secondary N) is 1. The van der Waals surface area contributed by atoms with E-state index in [2.05, 4.69) is 70.6 Å². The lowest BCUT2D eigenvalue weighted by atomic mass is 10.2. The average molecular weight is 345 g/mol. The molecule has 0 radical (unpaired) electrons. The molecule has 0 unspecified atom stereocenters. The van der Waals surface area contributed by atoms with E-state index in [0.29, 0.717) is 0 Å². The highest BCUT2D eigenvalue weighted by Gasteiger charge is 2.08. The highest BCUT2D eigenvalue weighted by Crippen LogP contribution is 2.15. The second-order valence-corrected chi connectivity index (χ2v) is 6.40. The monoisotopic (exact) mass is 345 g/mol. The molecule has 0 saturated carbocycles. The third kappa shape index (κ3) is 3.53. The Morgan fingerprint density at radius 2 is 1.73 bits per heavy atom. The molecule has 132 valence electrons. The summed E-state index contributed by atoms with van der Waals surface area (Å²) >= 11 is 0. The molecule has 0 aliphatic rings. The maximum Gasteiger partial charge on any atom is 0.123 e. The Balaban J connectivity index is 1.38. The van der Waals surface area contributed by atoms with Gasteiger partial charge in [0.2, 0.25) is 0 Å². The summed E-state index contributed by atoms with van der Waals surface area (Å²) in [6, 6.07) is 18.7. The van der Waals surface area contributed by atoms with Gasteiger partial charge in [-0.1, -0.05) is 42.5 Å². The first-order valence-corrected chi connectivity index (χ1v) is 9.03. The van der Waals surface area contributed by atoms with Crippen molar-refractivity contribution >= 4 is 11.0 Å². The number of imidazole rings is 1. The number of aromatic nitrogens is 4. The fourth-order valence-corrected chi connectivity index (χ4v) is 3.29. The minimum atomic E-state index is 0.742. The summed E-state index contributed by atoms with van der Waals surface area (Å²) in [5.41, 5.74) is 4.69. The molecule has 0 fully saturated rings. The number of fused-ring (bicyclic) bond motifs is 1. The van der Waals surface area contributed by atoms with Crippen LogP contribution >= 0.6 is 0 Å². The van der Waals surface area contributed by atoms with E-state index in [4.69, 9.17) is 4.98 Å². The second-order valence-electron chi connectivity index (χ2n) is 6.40. The summed E-state index contributed by atoms with van der Waals surface area (Å²) in [6.07, 6.45) is 4.03. The van der Waals surface area contributed by atoms with Gasteiger partial charge >= 0.3 is 0 Å². The summed E-state index contributed by atoms with van der Waals surface area (Å²) in [7, 11) is 0. The minimum absolute atomic E-state index is 0.742. The van der Waals surface area contributed by atoms with E-state index in [1.165, 1.54) is 16.6 Å².